The van der Waals surface area contributed by atoms with Crippen LogP contribution < -0.4 is 0 Å². The van der Waals surface area contributed by atoms with Gasteiger partial charge in [-0.15, -0.1) is 10.2 Å². The summed E-state index contributed by atoms with van der Waals surface area (Å²) in [5.74, 6) is 0.989. The molecule has 25 heavy (non-hydrogen) atoms. The Morgan fingerprint density at radius 3 is 2.64 bits per heavy atom. The fourth-order valence-corrected chi connectivity index (χ4v) is 4.44. The van der Waals surface area contributed by atoms with Crippen molar-refractivity contribution in [3.63, 3.8) is 0 Å². The Balaban J connectivity index is 1.81. The minimum Gasteiger partial charge on any atom is -0.355 e. The molecule has 0 spiro atoms. The molecule has 7 heteroatoms. The number of ketones is 2. The summed E-state index contributed by atoms with van der Waals surface area (Å²) in [6.45, 7) is 7.99. The van der Waals surface area contributed by atoms with Gasteiger partial charge in [0, 0.05) is 24.2 Å². The lowest BCUT2D eigenvalue weighted by Crippen LogP contribution is -2.16. The third-order valence-electron chi connectivity index (χ3n) is 4.76. The van der Waals surface area contributed by atoms with Crippen molar-refractivity contribution < 1.29 is 9.59 Å². The Morgan fingerprint density at radius 2 is 1.96 bits per heavy atom. The molecule has 3 heterocycles. The van der Waals surface area contributed by atoms with Crippen molar-refractivity contribution in [2.24, 2.45) is 0 Å². The van der Waals surface area contributed by atoms with Gasteiger partial charge in [-0.2, -0.15) is 0 Å². The molecule has 0 aromatic carbocycles. The van der Waals surface area contributed by atoms with E-state index in [0.717, 1.165) is 48.0 Å². The highest BCUT2D eigenvalue weighted by Gasteiger charge is 2.26. The topological polar surface area (TPSA) is 80.6 Å². The van der Waals surface area contributed by atoms with Crippen LogP contribution in [0.15, 0.2) is 5.16 Å². The average Bonchev–Trinajstić information content (AvgIpc) is 2.97. The van der Waals surface area contributed by atoms with E-state index in [1.165, 1.54) is 25.1 Å². The van der Waals surface area contributed by atoms with Gasteiger partial charge < -0.3 is 9.55 Å². The van der Waals surface area contributed by atoms with E-state index >= 15 is 0 Å². The first-order valence-corrected chi connectivity index (χ1v) is 9.61. The molecule has 2 aromatic heterocycles. The predicted molar refractivity (Wildman–Crippen MR) is 97.5 cm³/mol. The van der Waals surface area contributed by atoms with Gasteiger partial charge in [-0.1, -0.05) is 18.2 Å². The van der Waals surface area contributed by atoms with Crippen molar-refractivity contribution in [3.8, 4) is 0 Å². The molecule has 0 fully saturated rings. The Kier molecular flexibility index (Phi) is 5.13. The number of thioether (sulfide) groups is 1. The van der Waals surface area contributed by atoms with Gasteiger partial charge in [0.15, 0.2) is 16.7 Å². The van der Waals surface area contributed by atoms with Crippen LogP contribution in [0.4, 0.5) is 0 Å². The third-order valence-corrected chi connectivity index (χ3v) is 5.84. The summed E-state index contributed by atoms with van der Waals surface area (Å²) in [6, 6.07) is 0. The average molecular weight is 360 g/mol. The van der Waals surface area contributed by atoms with Crippen LogP contribution in [-0.2, 0) is 13.0 Å². The molecule has 0 bridgehead atoms. The molecule has 0 aliphatic carbocycles. The molecule has 0 radical (unpaired) electrons. The summed E-state index contributed by atoms with van der Waals surface area (Å²) in [5, 5.41) is 9.09. The second-order valence-electron chi connectivity index (χ2n) is 6.67. The van der Waals surface area contributed by atoms with Crippen molar-refractivity contribution in [1.29, 1.82) is 0 Å². The zero-order chi connectivity index (χ0) is 18.1. The second-order valence-corrected chi connectivity index (χ2v) is 7.97. The Hall–Kier alpha value is -1.89. The minimum absolute atomic E-state index is 0.0101. The summed E-state index contributed by atoms with van der Waals surface area (Å²) in [4.78, 5) is 27.8. The number of nitrogens with zero attached hydrogens (tertiary/aromatic N) is 3. The number of carbonyl (C=O) groups excluding carboxylic acids is 2. The normalized spacial score (nSPS) is 15.5. The smallest absolute Gasteiger partial charge is 0.192 e. The number of hydrogen-bond donors (Lipinski definition) is 1. The number of carbonyl (C=O) groups is 2. The lowest BCUT2D eigenvalue weighted by atomic mass is 10.0. The lowest BCUT2D eigenvalue weighted by Gasteiger charge is -2.11. The molecular weight excluding hydrogens is 336 g/mol. The van der Waals surface area contributed by atoms with Crippen molar-refractivity contribution >= 4 is 23.3 Å². The van der Waals surface area contributed by atoms with E-state index in [1.807, 2.05) is 20.8 Å². The van der Waals surface area contributed by atoms with E-state index in [2.05, 4.69) is 19.7 Å². The van der Waals surface area contributed by atoms with Gasteiger partial charge in [-0.25, -0.2) is 0 Å². The molecule has 1 aliphatic rings. The first kappa shape index (κ1) is 17.9. The predicted octanol–water partition coefficient (Wildman–Crippen LogP) is 3.52. The SMILES string of the molecule is CC(=O)c1c(C)[nH]c(C(=O)[C@H](C)Sc2nnc3n2CCCCC3)c1C. The zero-order valence-electron chi connectivity index (χ0n) is 15.2. The highest BCUT2D eigenvalue weighted by Crippen LogP contribution is 2.28. The molecule has 0 unspecified atom stereocenters. The molecule has 0 saturated carbocycles. The van der Waals surface area contributed by atoms with E-state index in [0.29, 0.717) is 11.3 Å². The Morgan fingerprint density at radius 1 is 1.20 bits per heavy atom. The van der Waals surface area contributed by atoms with E-state index in [4.69, 9.17) is 0 Å². The highest BCUT2D eigenvalue weighted by atomic mass is 32.2. The number of rotatable bonds is 5. The number of aromatic nitrogens is 4. The van der Waals surface area contributed by atoms with Gasteiger partial charge in [0.1, 0.15) is 5.82 Å². The summed E-state index contributed by atoms with van der Waals surface area (Å²) in [6.07, 6.45) is 4.42. The lowest BCUT2D eigenvalue weighted by molar-refractivity contribution is 0.0988. The zero-order valence-corrected chi connectivity index (χ0v) is 16.0. The van der Waals surface area contributed by atoms with Crippen LogP contribution in [0.2, 0.25) is 0 Å². The van der Waals surface area contributed by atoms with E-state index < -0.39 is 0 Å². The van der Waals surface area contributed by atoms with E-state index in [9.17, 15) is 9.59 Å². The molecule has 2 aromatic rings. The monoisotopic (exact) mass is 360 g/mol. The molecule has 0 amide bonds. The standard InChI is InChI=1S/C18H24N4O2S/c1-10-15(12(3)23)11(2)19-16(10)17(24)13(4)25-18-21-20-14-8-6-5-7-9-22(14)18/h13,19H,5-9H2,1-4H3/t13-/m0/s1. The van der Waals surface area contributed by atoms with Gasteiger partial charge in [-0.05, 0) is 46.1 Å². The van der Waals surface area contributed by atoms with Crippen molar-refractivity contribution in [1.82, 2.24) is 19.7 Å². The van der Waals surface area contributed by atoms with Crippen LogP contribution in [-0.4, -0.2) is 36.6 Å². The number of aromatic amines is 1. The highest BCUT2D eigenvalue weighted by molar-refractivity contribution is 8.00. The fourth-order valence-electron chi connectivity index (χ4n) is 3.48. The number of Topliss-reactive ketones (excluding diaryl/α,β-unsaturated/α-hetero) is 2. The largest absolute Gasteiger partial charge is 0.355 e. The third kappa shape index (κ3) is 3.42. The van der Waals surface area contributed by atoms with Crippen molar-refractivity contribution in [3.05, 3.63) is 28.3 Å². The fraction of sp³-hybridized carbons (Fsp3) is 0.556. The molecular formula is C18H24N4O2S. The van der Waals surface area contributed by atoms with Gasteiger partial charge in [0.25, 0.3) is 0 Å². The molecule has 1 N–H and O–H groups in total. The van der Waals surface area contributed by atoms with Crippen LogP contribution in [0.25, 0.3) is 0 Å². The Labute approximate surface area is 151 Å². The maximum absolute atomic E-state index is 12.9. The van der Waals surface area contributed by atoms with Crippen molar-refractivity contribution in [2.75, 3.05) is 0 Å². The molecule has 134 valence electrons. The maximum Gasteiger partial charge on any atom is 0.192 e. The number of nitrogens with one attached hydrogen (secondary N) is 1. The molecule has 0 saturated heterocycles. The van der Waals surface area contributed by atoms with Crippen molar-refractivity contribution in [2.45, 2.75) is 70.3 Å². The first-order valence-electron chi connectivity index (χ1n) is 8.73. The van der Waals surface area contributed by atoms with E-state index in [1.54, 1.807) is 0 Å². The van der Waals surface area contributed by atoms with Crippen LogP contribution in [0, 0.1) is 13.8 Å². The maximum atomic E-state index is 12.9. The van der Waals surface area contributed by atoms with Crippen LogP contribution in [0.3, 0.4) is 0 Å². The summed E-state index contributed by atoms with van der Waals surface area (Å²) in [7, 11) is 0. The minimum atomic E-state index is -0.298. The second kappa shape index (κ2) is 7.15. The van der Waals surface area contributed by atoms with Crippen LogP contribution in [0.1, 0.15) is 71.0 Å². The van der Waals surface area contributed by atoms with Gasteiger partial charge in [-0.3, -0.25) is 9.59 Å². The quantitative estimate of drug-likeness (QED) is 0.652. The molecule has 3 rings (SSSR count). The van der Waals surface area contributed by atoms with Crippen LogP contribution in [0.5, 0.6) is 0 Å². The number of aryl methyl sites for hydroxylation is 2. The first-order chi connectivity index (χ1) is 11.9. The van der Waals surface area contributed by atoms with E-state index in [-0.39, 0.29) is 16.8 Å². The van der Waals surface area contributed by atoms with Gasteiger partial charge in [0.05, 0.1) is 10.9 Å². The van der Waals surface area contributed by atoms with Gasteiger partial charge in [0.2, 0.25) is 0 Å². The number of H-pyrrole nitrogens is 1. The molecule has 6 nitrogen and oxygen atoms in total. The molecule has 1 atom stereocenters. The summed E-state index contributed by atoms with van der Waals surface area (Å²) in [5.41, 5.74) is 2.64. The summed E-state index contributed by atoms with van der Waals surface area (Å²) < 4.78 is 2.15. The molecule has 1 aliphatic heterocycles. The number of fused-ring (bicyclic) bond motifs is 1. The van der Waals surface area contributed by atoms with Crippen LogP contribution >= 0.6 is 11.8 Å². The number of hydrogen-bond acceptors (Lipinski definition) is 5. The Bertz CT molecular complexity index is 821. The summed E-state index contributed by atoms with van der Waals surface area (Å²) >= 11 is 1.44. The van der Waals surface area contributed by atoms with Gasteiger partial charge >= 0.3 is 0 Å².